The van der Waals surface area contributed by atoms with Gasteiger partial charge in [0.2, 0.25) is 0 Å². The Hall–Kier alpha value is -5.09. The summed E-state index contributed by atoms with van der Waals surface area (Å²) in [5.74, 6) is 1.74. The summed E-state index contributed by atoms with van der Waals surface area (Å²) in [5.41, 5.74) is 10.7. The van der Waals surface area contributed by atoms with Crippen molar-refractivity contribution in [3.8, 4) is 11.5 Å². The van der Waals surface area contributed by atoms with E-state index in [0.717, 1.165) is 56.0 Å². The molecule has 5 aromatic carbocycles. The van der Waals surface area contributed by atoms with Crippen molar-refractivity contribution in [3.63, 3.8) is 0 Å². The SMILES string of the molecule is Cc1ccc2c(c1)C1(c3ccccc3Oc3ccccc31)c1cc(C)ccc1N2c1ccc2c(C)cn(C)c(=O)c2c1. The fraction of sp³-hybridized carbons (Fsp3) is 0.132. The van der Waals surface area contributed by atoms with Crippen LogP contribution in [0.15, 0.2) is 114 Å². The fourth-order valence-electron chi connectivity index (χ4n) is 7.22. The maximum Gasteiger partial charge on any atom is 0.258 e. The Morgan fingerprint density at radius 3 is 1.79 bits per heavy atom. The molecule has 0 radical (unpaired) electrons. The van der Waals surface area contributed by atoms with Gasteiger partial charge in [-0.3, -0.25) is 4.79 Å². The lowest BCUT2D eigenvalue weighted by Crippen LogP contribution is -2.40. The number of fused-ring (bicyclic) bond motifs is 9. The third-order valence-electron chi connectivity index (χ3n) is 9.02. The van der Waals surface area contributed by atoms with E-state index in [1.807, 2.05) is 25.4 Å². The quantitative estimate of drug-likeness (QED) is 0.206. The van der Waals surface area contributed by atoms with Gasteiger partial charge in [0.25, 0.3) is 5.56 Å². The minimum atomic E-state index is -0.589. The summed E-state index contributed by atoms with van der Waals surface area (Å²) in [5, 5.41) is 1.70. The van der Waals surface area contributed by atoms with E-state index < -0.39 is 5.41 Å². The number of para-hydroxylation sites is 2. The van der Waals surface area contributed by atoms with Crippen LogP contribution < -0.4 is 15.2 Å². The van der Waals surface area contributed by atoms with Crippen molar-refractivity contribution in [3.05, 3.63) is 159 Å². The number of rotatable bonds is 1. The Labute approximate surface area is 245 Å². The molecule has 0 aliphatic carbocycles. The second kappa shape index (κ2) is 8.70. The van der Waals surface area contributed by atoms with Gasteiger partial charge in [0.1, 0.15) is 11.5 Å². The van der Waals surface area contributed by atoms with Crippen molar-refractivity contribution in [2.75, 3.05) is 4.90 Å². The molecule has 204 valence electrons. The van der Waals surface area contributed by atoms with Gasteiger partial charge in [-0.1, -0.05) is 77.9 Å². The fourth-order valence-corrected chi connectivity index (χ4v) is 7.22. The van der Waals surface area contributed by atoms with Gasteiger partial charge in [-0.05, 0) is 79.2 Å². The molecule has 6 aromatic rings. The first-order chi connectivity index (χ1) is 20.4. The third-order valence-corrected chi connectivity index (χ3v) is 9.02. The molecule has 0 fully saturated rings. The van der Waals surface area contributed by atoms with E-state index in [2.05, 4.69) is 117 Å². The van der Waals surface area contributed by atoms with Crippen molar-refractivity contribution < 1.29 is 4.74 Å². The summed E-state index contributed by atoms with van der Waals surface area (Å²) in [6.45, 7) is 6.37. The molecule has 4 nitrogen and oxygen atoms in total. The summed E-state index contributed by atoms with van der Waals surface area (Å²) in [4.78, 5) is 15.7. The number of aromatic nitrogens is 1. The number of ether oxygens (including phenoxy) is 1. The van der Waals surface area contributed by atoms with Crippen molar-refractivity contribution in [1.29, 1.82) is 0 Å². The minimum Gasteiger partial charge on any atom is -0.457 e. The van der Waals surface area contributed by atoms with E-state index in [9.17, 15) is 4.79 Å². The van der Waals surface area contributed by atoms with E-state index in [-0.39, 0.29) is 5.56 Å². The van der Waals surface area contributed by atoms with Gasteiger partial charge in [0.15, 0.2) is 0 Å². The van der Waals surface area contributed by atoms with Crippen LogP contribution in [0.1, 0.15) is 38.9 Å². The highest BCUT2D eigenvalue weighted by Gasteiger charge is 2.51. The molecule has 0 amide bonds. The largest absolute Gasteiger partial charge is 0.457 e. The van der Waals surface area contributed by atoms with Crippen molar-refractivity contribution in [2.24, 2.45) is 7.05 Å². The van der Waals surface area contributed by atoms with Crippen LogP contribution in [-0.2, 0) is 12.5 Å². The number of aryl methyl sites for hydroxylation is 4. The molecule has 2 aliphatic rings. The Morgan fingerprint density at radius 2 is 1.19 bits per heavy atom. The first kappa shape index (κ1) is 24.7. The molecule has 2 aliphatic heterocycles. The summed E-state index contributed by atoms with van der Waals surface area (Å²) >= 11 is 0. The van der Waals surface area contributed by atoms with E-state index in [1.54, 1.807) is 4.57 Å². The number of hydrogen-bond donors (Lipinski definition) is 0. The lowest BCUT2D eigenvalue weighted by atomic mass is 9.61. The lowest BCUT2D eigenvalue weighted by molar-refractivity contribution is 0.434. The molecule has 0 N–H and O–H groups in total. The highest BCUT2D eigenvalue weighted by Crippen LogP contribution is 2.62. The Kier molecular flexibility index (Phi) is 5.12. The molecule has 0 unspecified atom stereocenters. The Bertz CT molecular complexity index is 2060. The zero-order valence-electron chi connectivity index (χ0n) is 24.1. The number of benzene rings is 5. The first-order valence-corrected chi connectivity index (χ1v) is 14.4. The van der Waals surface area contributed by atoms with Crippen LogP contribution in [0.2, 0.25) is 0 Å². The zero-order chi connectivity index (χ0) is 28.7. The number of pyridine rings is 1. The van der Waals surface area contributed by atoms with Gasteiger partial charge in [0, 0.05) is 35.4 Å². The number of anilines is 3. The predicted molar refractivity (Wildman–Crippen MR) is 170 cm³/mol. The molecule has 42 heavy (non-hydrogen) atoms. The smallest absolute Gasteiger partial charge is 0.258 e. The van der Waals surface area contributed by atoms with E-state index in [0.29, 0.717) is 0 Å². The molecule has 4 heteroatoms. The number of nitrogens with zero attached hydrogens (tertiary/aromatic N) is 2. The Morgan fingerprint density at radius 1 is 0.619 bits per heavy atom. The van der Waals surface area contributed by atoms with Crippen LogP contribution in [-0.4, -0.2) is 4.57 Å². The van der Waals surface area contributed by atoms with Crippen LogP contribution in [0.5, 0.6) is 11.5 Å². The van der Waals surface area contributed by atoms with Crippen molar-refractivity contribution in [1.82, 2.24) is 4.57 Å². The highest BCUT2D eigenvalue weighted by atomic mass is 16.5. The maximum absolute atomic E-state index is 13.3. The summed E-state index contributed by atoms with van der Waals surface area (Å²) < 4.78 is 8.22. The molecule has 3 heterocycles. The normalized spacial score (nSPS) is 14.1. The molecular formula is C38H30N2O2. The second-order valence-corrected chi connectivity index (χ2v) is 11.7. The molecule has 0 bridgehead atoms. The van der Waals surface area contributed by atoms with Crippen LogP contribution >= 0.6 is 0 Å². The van der Waals surface area contributed by atoms with Crippen LogP contribution in [0, 0.1) is 20.8 Å². The molecular weight excluding hydrogens is 516 g/mol. The molecule has 1 aromatic heterocycles. The van der Waals surface area contributed by atoms with Crippen molar-refractivity contribution >= 4 is 27.8 Å². The summed E-state index contributed by atoms with van der Waals surface area (Å²) in [6.07, 6.45) is 1.91. The van der Waals surface area contributed by atoms with Crippen molar-refractivity contribution in [2.45, 2.75) is 26.2 Å². The van der Waals surface area contributed by atoms with Gasteiger partial charge < -0.3 is 14.2 Å². The van der Waals surface area contributed by atoms with E-state index >= 15 is 0 Å². The topological polar surface area (TPSA) is 34.5 Å². The highest BCUT2D eigenvalue weighted by molar-refractivity contribution is 5.95. The van der Waals surface area contributed by atoms with Crippen LogP contribution in [0.25, 0.3) is 10.8 Å². The molecule has 0 saturated heterocycles. The molecule has 0 atom stereocenters. The second-order valence-electron chi connectivity index (χ2n) is 11.7. The molecule has 8 rings (SSSR count). The minimum absolute atomic E-state index is 0.00599. The average molecular weight is 547 g/mol. The van der Waals surface area contributed by atoms with Gasteiger partial charge >= 0.3 is 0 Å². The van der Waals surface area contributed by atoms with Crippen LogP contribution in [0.3, 0.4) is 0 Å². The molecule has 0 saturated carbocycles. The summed E-state index contributed by atoms with van der Waals surface area (Å²) in [7, 11) is 1.82. The van der Waals surface area contributed by atoms with Crippen LogP contribution in [0.4, 0.5) is 17.1 Å². The van der Waals surface area contributed by atoms with Gasteiger partial charge in [0.05, 0.1) is 16.8 Å². The first-order valence-electron chi connectivity index (χ1n) is 14.4. The van der Waals surface area contributed by atoms with Gasteiger partial charge in [-0.2, -0.15) is 0 Å². The molecule has 1 spiro atoms. The summed E-state index contributed by atoms with van der Waals surface area (Å²) in [6, 6.07) is 36.6. The monoisotopic (exact) mass is 546 g/mol. The maximum atomic E-state index is 13.3. The standard InChI is InChI=1S/C38H30N2O2/c1-23-13-17-33-31(19-23)38(29-9-5-7-11-35(29)42-36-12-8-6-10-30(36)38)32-20-24(2)14-18-34(32)40(33)26-15-16-27-25(3)22-39(4)37(41)28(27)21-26/h5-22H,1-4H3. The van der Waals surface area contributed by atoms with Gasteiger partial charge in [-0.25, -0.2) is 0 Å². The lowest BCUT2D eigenvalue weighted by Gasteiger charge is -2.48. The average Bonchev–Trinajstić information content (AvgIpc) is 3.00. The Balaban J connectivity index is 1.53. The third kappa shape index (κ3) is 3.21. The number of hydrogen-bond acceptors (Lipinski definition) is 3. The van der Waals surface area contributed by atoms with E-state index in [4.69, 9.17) is 4.74 Å². The predicted octanol–water partition coefficient (Wildman–Crippen LogP) is 8.74. The van der Waals surface area contributed by atoms with Gasteiger partial charge in [-0.15, -0.1) is 0 Å². The zero-order valence-corrected chi connectivity index (χ0v) is 24.1. The van der Waals surface area contributed by atoms with E-state index in [1.165, 1.54) is 22.3 Å².